The predicted molar refractivity (Wildman–Crippen MR) is 378 cm³/mol. The lowest BCUT2D eigenvalue weighted by Gasteiger charge is -2.41. The highest BCUT2D eigenvalue weighted by Gasteiger charge is 2.47. The van der Waals surface area contributed by atoms with Crippen LogP contribution in [0.15, 0.2) is 12.2 Å². The number of carbonyl (C=O) groups is 11. The molecule has 552 valence electrons. The van der Waals surface area contributed by atoms with E-state index in [0.717, 1.165) is 18.0 Å². The summed E-state index contributed by atoms with van der Waals surface area (Å²) in [5.41, 5.74) is -1.04. The summed E-state index contributed by atoms with van der Waals surface area (Å²) in [5, 5.41) is 22.2. The number of nitrogens with one attached hydrogen (secondary N) is 4. The van der Waals surface area contributed by atoms with E-state index >= 15 is 33.6 Å². The smallest absolute Gasteiger partial charge is 0.256 e. The van der Waals surface area contributed by atoms with Crippen LogP contribution in [0.25, 0.3) is 0 Å². The summed E-state index contributed by atoms with van der Waals surface area (Å²) in [4.78, 5) is 176. The Morgan fingerprint density at radius 2 is 0.990 bits per heavy atom. The van der Waals surface area contributed by atoms with Crippen molar-refractivity contribution in [2.24, 2.45) is 35.5 Å². The van der Waals surface area contributed by atoms with Crippen molar-refractivity contribution in [1.82, 2.24) is 60.5 Å². The standard InChI is InChI=1S/C70H128N12O13S/c1-28-32-34-46(15)57(83)56-61(87)73-49(29-2)63(89)81(26)69(96-36-33-35-82(30-3)31-4)68(94)78(23)53(40-70(18,19)95-27)60(86)74-54(44(11)12)66(92)75(20)50(37-41(5)6)59(85)71-47(16)58(84)72-48(17)62(88)76(21)51(38-42(7)8)64(90)77(22)52(39-43(9)10)65(91)79(24)55(45(13)14)67(93)80(56)25/h28,32,41-57,69,83H,29-31,33-40H2,1-27H3,(H,71,85)(H,72,84)(H,73,87)(H,74,86)/t46-,47+,48-,49+,50+,51+,52+,53+,54+,55+,56+,57-,69-/m1/s1. The number of aliphatic hydroxyl groups is 1. The second-order valence-electron chi connectivity index (χ2n) is 28.9. The maximum absolute atomic E-state index is 15.5. The van der Waals surface area contributed by atoms with Crippen LogP contribution in [0.4, 0.5) is 0 Å². The fourth-order valence-corrected chi connectivity index (χ4v) is 13.1. The number of thioether (sulfide) groups is 1. The molecular formula is C70H128N12O13S. The van der Waals surface area contributed by atoms with Gasteiger partial charge in [-0.2, -0.15) is 0 Å². The Bertz CT molecular complexity index is 2600. The molecule has 1 aliphatic rings. The summed E-state index contributed by atoms with van der Waals surface area (Å²) in [5.74, 6) is -9.55. The largest absolute Gasteiger partial charge is 0.390 e. The second-order valence-corrected chi connectivity index (χ2v) is 30.1. The minimum atomic E-state index is -1.65. The maximum Gasteiger partial charge on any atom is 0.256 e. The molecule has 1 fully saturated rings. The summed E-state index contributed by atoms with van der Waals surface area (Å²) in [6.07, 6.45) is 3.29. The molecule has 0 aromatic rings. The molecule has 26 heteroatoms. The number of hydrogen-bond acceptors (Lipinski definition) is 15. The van der Waals surface area contributed by atoms with Crippen molar-refractivity contribution in [3.63, 3.8) is 0 Å². The van der Waals surface area contributed by atoms with E-state index in [1.807, 2.05) is 68.4 Å². The fraction of sp³-hybridized carbons (Fsp3) is 0.814. The van der Waals surface area contributed by atoms with Gasteiger partial charge in [0.05, 0.1) is 11.7 Å². The highest BCUT2D eigenvalue weighted by molar-refractivity contribution is 8.00. The monoisotopic (exact) mass is 1380 g/mol. The van der Waals surface area contributed by atoms with Gasteiger partial charge < -0.3 is 70.3 Å². The molecule has 0 radical (unpaired) electrons. The number of amides is 11. The molecule has 1 aliphatic heterocycles. The van der Waals surface area contributed by atoms with Gasteiger partial charge in [-0.25, -0.2) is 0 Å². The molecule has 0 bridgehead atoms. The van der Waals surface area contributed by atoms with Gasteiger partial charge in [0.2, 0.25) is 59.1 Å². The van der Waals surface area contributed by atoms with Crippen LogP contribution in [0.3, 0.4) is 0 Å². The number of rotatable bonds is 23. The van der Waals surface area contributed by atoms with Gasteiger partial charge in [0, 0.05) is 62.9 Å². The summed E-state index contributed by atoms with van der Waals surface area (Å²) in [7, 11) is 11.5. The Kier molecular flexibility index (Phi) is 37.5. The van der Waals surface area contributed by atoms with Gasteiger partial charge in [-0.3, -0.25) is 52.7 Å². The van der Waals surface area contributed by atoms with Crippen LogP contribution in [0.2, 0.25) is 0 Å². The number of aliphatic hydroxyl groups excluding tert-OH is 1. The molecule has 1 saturated heterocycles. The van der Waals surface area contributed by atoms with Crippen molar-refractivity contribution < 1.29 is 62.6 Å². The Morgan fingerprint density at radius 1 is 0.531 bits per heavy atom. The first-order valence-electron chi connectivity index (χ1n) is 34.7. The summed E-state index contributed by atoms with van der Waals surface area (Å²) in [6, 6.07) is -12.8. The molecule has 0 aromatic carbocycles. The third-order valence-corrected chi connectivity index (χ3v) is 19.9. The lowest BCUT2D eigenvalue weighted by molar-refractivity contribution is -0.157. The van der Waals surface area contributed by atoms with Crippen LogP contribution < -0.4 is 21.3 Å². The first kappa shape index (κ1) is 88.2. The number of likely N-dealkylation sites (N-methyl/N-ethyl adjacent to an activating group) is 7. The van der Waals surface area contributed by atoms with Crippen LogP contribution in [0.1, 0.15) is 176 Å². The number of allylic oxidation sites excluding steroid dienone is 2. The van der Waals surface area contributed by atoms with Gasteiger partial charge in [-0.15, -0.1) is 11.8 Å². The SMILES string of the molecule is CC=CC[C@@H](C)[C@@H](O)[C@H]1C(=O)N[C@@H](CC)C(=O)N(C)[C@H](SCCCN(CC)CC)C(=O)N(C)[C@@H](CC(C)(C)OC)C(=O)N[C@@H](C(C)C)C(=O)N(C)[C@@H](CC(C)C)C(=O)N[C@@H](C)C(=O)N[C@H](C)C(=O)N(C)[C@@H](CC(C)C)C(=O)N(C)[C@@H](CC(C)C)C(=O)N(C)[C@@H](C(C)C)C(=O)N1C. The third kappa shape index (κ3) is 25.1. The lowest BCUT2D eigenvalue weighted by atomic mass is 9.91. The van der Waals surface area contributed by atoms with Crippen LogP contribution in [0.5, 0.6) is 0 Å². The molecule has 0 aliphatic carbocycles. The van der Waals surface area contributed by atoms with Gasteiger partial charge in [0.1, 0.15) is 60.4 Å². The number of carbonyl (C=O) groups excluding carboxylic acids is 11. The van der Waals surface area contributed by atoms with E-state index in [-0.39, 0.29) is 49.9 Å². The van der Waals surface area contributed by atoms with Crippen molar-refractivity contribution in [2.45, 2.75) is 254 Å². The van der Waals surface area contributed by atoms with Crippen LogP contribution >= 0.6 is 11.8 Å². The zero-order chi connectivity index (χ0) is 74.3. The molecule has 1 heterocycles. The molecule has 1 rings (SSSR count). The normalized spacial score (nSPS) is 26.2. The van der Waals surface area contributed by atoms with Gasteiger partial charge in [0.25, 0.3) is 5.91 Å². The Balaban J connectivity index is 4.62. The van der Waals surface area contributed by atoms with Crippen molar-refractivity contribution in [1.29, 1.82) is 0 Å². The molecule has 0 unspecified atom stereocenters. The van der Waals surface area contributed by atoms with Crippen molar-refractivity contribution >= 4 is 76.7 Å². The average molecular weight is 1380 g/mol. The molecular weight excluding hydrogens is 1250 g/mol. The van der Waals surface area contributed by atoms with Gasteiger partial charge in [-0.1, -0.05) is 109 Å². The fourth-order valence-electron chi connectivity index (χ4n) is 12.0. The number of methoxy groups -OCH3 is 1. The number of nitrogens with zero attached hydrogens (tertiary/aromatic N) is 8. The van der Waals surface area contributed by atoms with Crippen molar-refractivity contribution in [3.05, 3.63) is 12.2 Å². The number of hydrogen-bond donors (Lipinski definition) is 5. The molecule has 96 heavy (non-hydrogen) atoms. The molecule has 25 nitrogen and oxygen atoms in total. The van der Waals surface area contributed by atoms with Gasteiger partial charge >= 0.3 is 0 Å². The van der Waals surface area contributed by atoms with E-state index in [2.05, 4.69) is 26.2 Å². The predicted octanol–water partition coefficient (Wildman–Crippen LogP) is 4.83. The van der Waals surface area contributed by atoms with Gasteiger partial charge in [0.15, 0.2) is 5.37 Å². The van der Waals surface area contributed by atoms with Crippen LogP contribution in [-0.2, 0) is 57.5 Å². The van der Waals surface area contributed by atoms with E-state index in [1.54, 1.807) is 61.5 Å². The first-order chi connectivity index (χ1) is 44.5. The zero-order valence-electron chi connectivity index (χ0n) is 63.7. The Hall–Kier alpha value is -5.86. The zero-order valence-corrected chi connectivity index (χ0v) is 64.5. The first-order valence-corrected chi connectivity index (χ1v) is 35.8. The van der Waals surface area contributed by atoms with Crippen LogP contribution in [0, 0.1) is 35.5 Å². The van der Waals surface area contributed by atoms with E-state index in [9.17, 15) is 24.3 Å². The minimum absolute atomic E-state index is 0.0108. The second kappa shape index (κ2) is 40.9. The Morgan fingerprint density at radius 3 is 1.46 bits per heavy atom. The topological polar surface area (TPSA) is 291 Å². The van der Waals surface area contributed by atoms with Gasteiger partial charge in [-0.05, 0) is 134 Å². The molecule has 0 saturated carbocycles. The maximum atomic E-state index is 15.5. The molecule has 0 spiro atoms. The quantitative estimate of drug-likeness (QED) is 0.0677. The molecule has 11 amide bonds. The highest BCUT2D eigenvalue weighted by atomic mass is 32.2. The Labute approximate surface area is 580 Å². The molecule has 0 aromatic heterocycles. The third-order valence-electron chi connectivity index (χ3n) is 18.5. The highest BCUT2D eigenvalue weighted by Crippen LogP contribution is 2.28. The minimum Gasteiger partial charge on any atom is -0.390 e. The van der Waals surface area contributed by atoms with E-state index in [1.165, 1.54) is 111 Å². The lowest BCUT2D eigenvalue weighted by Crippen LogP contribution is -2.64. The van der Waals surface area contributed by atoms with Crippen molar-refractivity contribution in [3.8, 4) is 0 Å². The summed E-state index contributed by atoms with van der Waals surface area (Å²) < 4.78 is 5.85. The van der Waals surface area contributed by atoms with E-state index in [0.29, 0.717) is 25.1 Å². The van der Waals surface area contributed by atoms with E-state index < -0.39 is 160 Å². The summed E-state index contributed by atoms with van der Waals surface area (Å²) >= 11 is 1.18. The van der Waals surface area contributed by atoms with Crippen LogP contribution in [-0.4, -0.2) is 269 Å². The summed E-state index contributed by atoms with van der Waals surface area (Å²) in [6.45, 7) is 36.0. The van der Waals surface area contributed by atoms with Crippen molar-refractivity contribution in [2.75, 3.05) is 81.8 Å². The van der Waals surface area contributed by atoms with E-state index in [4.69, 9.17) is 4.74 Å². The number of ether oxygens (including phenoxy) is 1. The average Bonchev–Trinajstić information content (AvgIpc) is 0.949. The molecule has 13 atom stereocenters. The molecule has 5 N–H and O–H groups in total.